The Labute approximate surface area is 162 Å². The van der Waals surface area contributed by atoms with Gasteiger partial charge >= 0.3 is 6.18 Å². The van der Waals surface area contributed by atoms with Crippen LogP contribution >= 0.6 is 11.6 Å². The zero-order valence-electron chi connectivity index (χ0n) is 15.1. The Hall–Kier alpha value is -0.610. The van der Waals surface area contributed by atoms with Gasteiger partial charge in [0.15, 0.2) is 0 Å². The van der Waals surface area contributed by atoms with Crippen molar-refractivity contribution in [1.29, 1.82) is 0 Å². The zero-order chi connectivity index (χ0) is 19.2. The predicted octanol–water partition coefficient (Wildman–Crippen LogP) is 1.02. The molecule has 1 amide bonds. The van der Waals surface area contributed by atoms with Gasteiger partial charge in [-0.15, -0.1) is 11.6 Å². The molecule has 1 saturated carbocycles. The van der Waals surface area contributed by atoms with E-state index in [1.54, 1.807) is 0 Å². The number of piperidine rings is 1. The molecule has 6 unspecified atom stereocenters. The molecule has 4 rings (SSSR count). The molecule has 0 radical (unpaired) electrons. The molecule has 1 aliphatic carbocycles. The third-order valence-electron chi connectivity index (χ3n) is 6.73. The number of hydrogen-bond donors (Lipinski definition) is 3. The third-order valence-corrected chi connectivity index (χ3v) is 7.22. The fourth-order valence-corrected chi connectivity index (χ4v) is 5.63. The summed E-state index contributed by atoms with van der Waals surface area (Å²) in [6.07, 6.45) is -0.969. The summed E-state index contributed by atoms with van der Waals surface area (Å²) in [4.78, 5) is 16.1. The van der Waals surface area contributed by atoms with Gasteiger partial charge in [0.1, 0.15) is 5.38 Å². The zero-order valence-corrected chi connectivity index (χ0v) is 15.9. The summed E-state index contributed by atoms with van der Waals surface area (Å²) in [6, 6.07) is -0.369. The fraction of sp³-hybridized carbons (Fsp3) is 0.941. The monoisotopic (exact) mass is 409 g/mol. The Morgan fingerprint density at radius 3 is 2.63 bits per heavy atom. The van der Waals surface area contributed by atoms with Gasteiger partial charge in [-0.3, -0.25) is 25.3 Å². The van der Waals surface area contributed by atoms with Crippen molar-refractivity contribution >= 4 is 17.5 Å². The smallest absolute Gasteiger partial charge is 0.300 e. The molecule has 3 N–H and O–H groups in total. The van der Waals surface area contributed by atoms with E-state index in [4.69, 9.17) is 11.6 Å². The normalized spacial score (nSPS) is 42.0. The van der Waals surface area contributed by atoms with E-state index in [1.165, 1.54) is 0 Å². The van der Waals surface area contributed by atoms with Crippen molar-refractivity contribution in [1.82, 2.24) is 26.0 Å². The van der Waals surface area contributed by atoms with E-state index in [0.717, 1.165) is 19.4 Å². The molecule has 0 aromatic rings. The van der Waals surface area contributed by atoms with Crippen molar-refractivity contribution in [3.63, 3.8) is 0 Å². The summed E-state index contributed by atoms with van der Waals surface area (Å²) >= 11 is 6.31. The first-order valence-corrected chi connectivity index (χ1v) is 10.3. The number of fused-ring (bicyclic) bond motifs is 1. The molecule has 0 aromatic heterocycles. The Balaban J connectivity index is 1.49. The summed E-state index contributed by atoms with van der Waals surface area (Å²) in [5.74, 6) is -1.49. The van der Waals surface area contributed by atoms with E-state index >= 15 is 0 Å². The number of carbonyl (C=O) groups is 1. The number of alkyl halides is 4. The first-order chi connectivity index (χ1) is 12.9. The third kappa shape index (κ3) is 3.81. The van der Waals surface area contributed by atoms with Crippen molar-refractivity contribution in [2.45, 2.75) is 67.8 Å². The summed E-state index contributed by atoms with van der Waals surface area (Å²) in [5, 5.41) is 2.78. The maximum Gasteiger partial charge on any atom is 0.393 e. The van der Waals surface area contributed by atoms with Crippen molar-refractivity contribution in [2.75, 3.05) is 26.3 Å². The highest BCUT2D eigenvalue weighted by Crippen LogP contribution is 2.42. The first-order valence-electron chi connectivity index (χ1n) is 9.83. The number of hydrazine groups is 1. The van der Waals surface area contributed by atoms with Crippen LogP contribution in [0, 0.1) is 5.92 Å². The minimum Gasteiger partial charge on any atom is -0.300 e. The van der Waals surface area contributed by atoms with E-state index < -0.39 is 23.5 Å². The molecule has 3 saturated heterocycles. The molecule has 4 fully saturated rings. The second-order valence-electron chi connectivity index (χ2n) is 8.17. The second-order valence-corrected chi connectivity index (χ2v) is 8.64. The molecule has 0 spiro atoms. The van der Waals surface area contributed by atoms with Crippen molar-refractivity contribution in [3.8, 4) is 0 Å². The number of amides is 1. The van der Waals surface area contributed by atoms with Crippen molar-refractivity contribution in [2.24, 2.45) is 5.92 Å². The number of nitrogens with one attached hydrogen (secondary N) is 3. The fourth-order valence-electron chi connectivity index (χ4n) is 5.33. The maximum absolute atomic E-state index is 13.6. The Morgan fingerprint density at radius 1 is 1.07 bits per heavy atom. The van der Waals surface area contributed by atoms with E-state index in [2.05, 4.69) is 21.1 Å². The molecular weight excluding hydrogens is 383 g/mol. The van der Waals surface area contributed by atoms with Crippen LogP contribution in [-0.4, -0.2) is 77.7 Å². The summed E-state index contributed by atoms with van der Waals surface area (Å²) in [6.45, 7) is 2.48. The Morgan fingerprint density at radius 2 is 1.85 bits per heavy atom. The van der Waals surface area contributed by atoms with Crippen LogP contribution in [0.4, 0.5) is 13.2 Å². The minimum atomic E-state index is -4.15. The van der Waals surface area contributed by atoms with Crippen LogP contribution in [0.2, 0.25) is 0 Å². The van der Waals surface area contributed by atoms with Crippen LogP contribution in [0.5, 0.6) is 0 Å². The molecule has 6 nitrogen and oxygen atoms in total. The Kier molecular flexibility index (Phi) is 5.59. The molecule has 0 aromatic carbocycles. The lowest BCUT2D eigenvalue weighted by atomic mass is 9.82. The van der Waals surface area contributed by atoms with Gasteiger partial charge in [0, 0.05) is 50.5 Å². The van der Waals surface area contributed by atoms with Gasteiger partial charge < -0.3 is 0 Å². The second kappa shape index (κ2) is 7.67. The van der Waals surface area contributed by atoms with E-state index in [1.807, 2.05) is 4.90 Å². The number of carbonyl (C=O) groups excluding carboxylic acids is 1. The topological polar surface area (TPSA) is 59.6 Å². The summed E-state index contributed by atoms with van der Waals surface area (Å²) in [5.41, 5.74) is 5.40. The Bertz CT molecular complexity index is 565. The molecule has 154 valence electrons. The summed E-state index contributed by atoms with van der Waals surface area (Å²) in [7, 11) is 0. The van der Waals surface area contributed by atoms with Crippen LogP contribution in [0.3, 0.4) is 0 Å². The number of halogens is 4. The average molecular weight is 410 g/mol. The van der Waals surface area contributed by atoms with E-state index in [9.17, 15) is 18.0 Å². The van der Waals surface area contributed by atoms with Crippen LogP contribution in [0.25, 0.3) is 0 Å². The van der Waals surface area contributed by atoms with Crippen LogP contribution in [0.15, 0.2) is 0 Å². The minimum absolute atomic E-state index is 0.0283. The number of nitrogens with zero attached hydrogens (tertiary/aromatic N) is 2. The van der Waals surface area contributed by atoms with Gasteiger partial charge in [0.2, 0.25) is 0 Å². The largest absolute Gasteiger partial charge is 0.393 e. The van der Waals surface area contributed by atoms with Gasteiger partial charge in [-0.05, 0) is 19.3 Å². The molecule has 6 atom stereocenters. The molecule has 3 aliphatic heterocycles. The number of rotatable bonds is 2. The lowest BCUT2D eigenvalue weighted by Gasteiger charge is -2.47. The highest BCUT2D eigenvalue weighted by atomic mass is 35.5. The standard InChI is InChI=1S/C17H27ClF3N5O/c18-15-13(7-23-24-16(15)27)25-6-5-11-14(8-25)26(9-22-11)12-4-2-1-3-10(12)17(19,20)21/h10-15,22-23H,1-9H2,(H,24,27). The van der Waals surface area contributed by atoms with Crippen molar-refractivity contribution in [3.05, 3.63) is 0 Å². The van der Waals surface area contributed by atoms with Crippen LogP contribution < -0.4 is 16.2 Å². The predicted molar refractivity (Wildman–Crippen MR) is 95.0 cm³/mol. The van der Waals surface area contributed by atoms with Crippen molar-refractivity contribution < 1.29 is 18.0 Å². The highest BCUT2D eigenvalue weighted by molar-refractivity contribution is 6.31. The quantitative estimate of drug-likeness (QED) is 0.595. The van der Waals surface area contributed by atoms with Gasteiger partial charge in [-0.2, -0.15) is 13.2 Å². The van der Waals surface area contributed by atoms with Gasteiger partial charge in [-0.1, -0.05) is 12.8 Å². The molecule has 10 heteroatoms. The number of hydrogen-bond acceptors (Lipinski definition) is 5. The van der Waals surface area contributed by atoms with Crippen LogP contribution in [-0.2, 0) is 4.79 Å². The molecule has 27 heavy (non-hydrogen) atoms. The molecule has 0 bridgehead atoms. The van der Waals surface area contributed by atoms with E-state index in [-0.39, 0.29) is 30.5 Å². The number of likely N-dealkylation sites (tertiary alicyclic amines) is 1. The SMILES string of the molecule is O=C1NNCC(N2CCC3NCN(C4CCCCC4C(F)(F)F)C3C2)C1Cl. The maximum atomic E-state index is 13.6. The van der Waals surface area contributed by atoms with Gasteiger partial charge in [0.05, 0.1) is 5.92 Å². The first kappa shape index (κ1) is 19.7. The van der Waals surface area contributed by atoms with Gasteiger partial charge in [0.25, 0.3) is 5.91 Å². The lowest BCUT2D eigenvalue weighted by Crippen LogP contribution is -2.66. The average Bonchev–Trinajstić information content (AvgIpc) is 3.06. The molecular formula is C17H27ClF3N5O. The highest BCUT2D eigenvalue weighted by Gasteiger charge is 2.52. The van der Waals surface area contributed by atoms with Crippen LogP contribution in [0.1, 0.15) is 32.1 Å². The lowest BCUT2D eigenvalue weighted by molar-refractivity contribution is -0.201. The van der Waals surface area contributed by atoms with Gasteiger partial charge in [-0.25, -0.2) is 5.43 Å². The van der Waals surface area contributed by atoms with E-state index in [0.29, 0.717) is 32.6 Å². The molecule has 4 aliphatic rings. The summed E-state index contributed by atoms with van der Waals surface area (Å²) < 4.78 is 40.8. The molecule has 3 heterocycles.